The smallest absolute Gasteiger partial charge is 0.152 e. The van der Waals surface area contributed by atoms with Crippen LogP contribution >= 0.6 is 0 Å². The molecule has 17 heavy (non-hydrogen) atoms. The molecule has 0 aliphatic heterocycles. The van der Waals surface area contributed by atoms with E-state index in [2.05, 4.69) is 45.7 Å². The molecule has 0 aliphatic rings. The minimum absolute atomic E-state index is 0.263. The van der Waals surface area contributed by atoms with E-state index in [-0.39, 0.29) is 19.6 Å². The number of H-pyrrole nitrogens is 1. The maximum absolute atomic E-state index is 5.33. The molecule has 1 heterocycles. The Labute approximate surface area is 100 Å². The molecule has 0 atom stereocenters. The number of aromatic nitrogens is 2. The molecular weight excluding hydrogens is 214 g/mol. The molecule has 86 valence electrons. The van der Waals surface area contributed by atoms with Crippen LogP contribution in [-0.2, 0) is 0 Å². The monoisotopic (exact) mass is 227 g/mol. The van der Waals surface area contributed by atoms with Gasteiger partial charge in [0.15, 0.2) is 5.69 Å². The fraction of sp³-hybridized carbons (Fsp3) is 0.250. The number of hydrogen-bond acceptors (Lipinski definition) is 4. The molecule has 0 bridgehead atoms. The van der Waals surface area contributed by atoms with Gasteiger partial charge in [0.05, 0.1) is 25.2 Å². The van der Waals surface area contributed by atoms with E-state index < -0.39 is 0 Å². The third kappa shape index (κ3) is 3.68. The fourth-order valence-corrected chi connectivity index (χ4v) is 1.06. The Morgan fingerprint density at radius 2 is 1.47 bits per heavy atom. The maximum Gasteiger partial charge on any atom is 0.152 e. The first-order chi connectivity index (χ1) is 8.33. The van der Waals surface area contributed by atoms with Crippen LogP contribution < -0.4 is 17.2 Å². The van der Waals surface area contributed by atoms with E-state index >= 15 is 0 Å². The first kappa shape index (κ1) is 12.8. The number of nitrogens with two attached hydrogens (primary N) is 3. The zero-order valence-electron chi connectivity index (χ0n) is 9.30. The summed E-state index contributed by atoms with van der Waals surface area (Å²) in [6, 6.07) is 0. The van der Waals surface area contributed by atoms with Crippen LogP contribution in [0.5, 0.6) is 0 Å². The van der Waals surface area contributed by atoms with E-state index in [0.29, 0.717) is 17.0 Å². The van der Waals surface area contributed by atoms with Crippen molar-refractivity contribution in [2.45, 2.75) is 0 Å². The van der Waals surface area contributed by atoms with Crippen LogP contribution in [0.2, 0.25) is 0 Å². The van der Waals surface area contributed by atoms with E-state index in [9.17, 15) is 0 Å². The van der Waals surface area contributed by atoms with Crippen LogP contribution in [0, 0.1) is 35.5 Å². The van der Waals surface area contributed by atoms with Crippen molar-refractivity contribution in [1.29, 1.82) is 0 Å². The van der Waals surface area contributed by atoms with Gasteiger partial charge in [-0.3, -0.25) is 5.10 Å². The highest BCUT2D eigenvalue weighted by Gasteiger charge is 2.06. The van der Waals surface area contributed by atoms with Crippen molar-refractivity contribution < 1.29 is 0 Å². The standard InChI is InChI=1S/C12H13N5/c13-7-1-4-10-11(5-2-8-14)16-17-12(10)6-3-9-15/h7-9,13-15H2,(H,16,17). The minimum Gasteiger partial charge on any atom is -0.320 e. The van der Waals surface area contributed by atoms with Gasteiger partial charge >= 0.3 is 0 Å². The first-order valence-corrected chi connectivity index (χ1v) is 4.98. The minimum atomic E-state index is 0.263. The van der Waals surface area contributed by atoms with Crippen molar-refractivity contribution in [3.63, 3.8) is 0 Å². The molecule has 0 radical (unpaired) electrons. The Kier molecular flexibility index (Phi) is 5.37. The highest BCUT2D eigenvalue weighted by atomic mass is 15.1. The molecule has 1 aromatic heterocycles. The molecule has 0 amide bonds. The van der Waals surface area contributed by atoms with Gasteiger partial charge in [-0.2, -0.15) is 5.10 Å². The van der Waals surface area contributed by atoms with E-state index in [1.807, 2.05) is 0 Å². The normalized spacial score (nSPS) is 8.18. The van der Waals surface area contributed by atoms with Crippen molar-refractivity contribution in [3.8, 4) is 35.5 Å². The van der Waals surface area contributed by atoms with Crippen LogP contribution in [-0.4, -0.2) is 29.8 Å². The predicted octanol–water partition coefficient (Wildman–Crippen LogP) is -1.66. The van der Waals surface area contributed by atoms with Gasteiger partial charge in [-0.25, -0.2) is 0 Å². The molecule has 0 aromatic carbocycles. The van der Waals surface area contributed by atoms with Gasteiger partial charge in [0.1, 0.15) is 5.69 Å². The molecule has 0 unspecified atom stereocenters. The Morgan fingerprint density at radius 3 is 2.12 bits per heavy atom. The largest absolute Gasteiger partial charge is 0.320 e. The van der Waals surface area contributed by atoms with Crippen molar-refractivity contribution in [1.82, 2.24) is 10.2 Å². The van der Waals surface area contributed by atoms with E-state index in [1.54, 1.807) is 0 Å². The third-order valence-corrected chi connectivity index (χ3v) is 1.71. The molecule has 1 aromatic rings. The molecule has 0 saturated carbocycles. The Hall–Kier alpha value is -2.23. The van der Waals surface area contributed by atoms with Crippen molar-refractivity contribution in [3.05, 3.63) is 17.0 Å². The number of rotatable bonds is 0. The predicted molar refractivity (Wildman–Crippen MR) is 66.4 cm³/mol. The highest BCUT2D eigenvalue weighted by molar-refractivity contribution is 5.54. The summed E-state index contributed by atoms with van der Waals surface area (Å²) >= 11 is 0. The lowest BCUT2D eigenvalue weighted by Gasteiger charge is -1.86. The maximum atomic E-state index is 5.33. The Morgan fingerprint density at radius 1 is 0.882 bits per heavy atom. The van der Waals surface area contributed by atoms with Gasteiger partial charge in [0.25, 0.3) is 0 Å². The Balaban J connectivity index is 3.19. The average Bonchev–Trinajstić information content (AvgIpc) is 2.73. The van der Waals surface area contributed by atoms with Crippen LogP contribution in [0.4, 0.5) is 0 Å². The Bertz CT molecular complexity index is 511. The molecule has 5 nitrogen and oxygen atoms in total. The van der Waals surface area contributed by atoms with Gasteiger partial charge in [0, 0.05) is 0 Å². The third-order valence-electron chi connectivity index (χ3n) is 1.71. The summed E-state index contributed by atoms with van der Waals surface area (Å²) in [6.45, 7) is 0.797. The van der Waals surface area contributed by atoms with E-state index in [1.165, 1.54) is 0 Å². The molecule has 1 rings (SSSR count). The lowest BCUT2D eigenvalue weighted by Crippen LogP contribution is -1.95. The summed E-state index contributed by atoms with van der Waals surface area (Å²) in [4.78, 5) is 0. The zero-order valence-corrected chi connectivity index (χ0v) is 9.30. The van der Waals surface area contributed by atoms with Crippen molar-refractivity contribution in [2.24, 2.45) is 17.2 Å². The van der Waals surface area contributed by atoms with Crippen molar-refractivity contribution >= 4 is 0 Å². The van der Waals surface area contributed by atoms with E-state index in [0.717, 1.165) is 0 Å². The molecule has 0 spiro atoms. The molecule has 0 aliphatic carbocycles. The molecule has 0 saturated heterocycles. The van der Waals surface area contributed by atoms with Crippen LogP contribution in [0.15, 0.2) is 0 Å². The summed E-state index contributed by atoms with van der Waals surface area (Å²) in [5.41, 5.74) is 17.7. The SMILES string of the molecule is NCC#Cc1n[nH]c(C#CCN)c1C#CCN. The number of hydrogen-bond donors (Lipinski definition) is 4. The number of nitrogens with one attached hydrogen (secondary N) is 1. The first-order valence-electron chi connectivity index (χ1n) is 4.98. The van der Waals surface area contributed by atoms with E-state index in [4.69, 9.17) is 17.2 Å². The quantitative estimate of drug-likeness (QED) is 0.398. The lowest BCUT2D eigenvalue weighted by molar-refractivity contribution is 1.06. The van der Waals surface area contributed by atoms with Crippen LogP contribution in [0.25, 0.3) is 0 Å². The summed E-state index contributed by atoms with van der Waals surface area (Å²) in [5, 5.41) is 6.78. The molecule has 5 heteroatoms. The summed E-state index contributed by atoms with van der Waals surface area (Å²) in [6.07, 6.45) is 0. The zero-order chi connectivity index (χ0) is 12.5. The van der Waals surface area contributed by atoms with Gasteiger partial charge in [-0.1, -0.05) is 23.7 Å². The molecule has 0 fully saturated rings. The highest BCUT2D eigenvalue weighted by Crippen LogP contribution is 2.07. The second-order valence-electron chi connectivity index (χ2n) is 2.84. The number of nitrogens with zero attached hydrogens (tertiary/aromatic N) is 1. The van der Waals surface area contributed by atoms with Gasteiger partial charge < -0.3 is 17.2 Å². The molecular formula is C12H13N5. The lowest BCUT2D eigenvalue weighted by atomic mass is 10.2. The van der Waals surface area contributed by atoms with Gasteiger partial charge in [-0.15, -0.1) is 0 Å². The fourth-order valence-electron chi connectivity index (χ4n) is 1.06. The van der Waals surface area contributed by atoms with Crippen LogP contribution in [0.1, 0.15) is 17.0 Å². The second kappa shape index (κ2) is 7.11. The average molecular weight is 227 g/mol. The van der Waals surface area contributed by atoms with Crippen LogP contribution in [0.3, 0.4) is 0 Å². The van der Waals surface area contributed by atoms with Gasteiger partial charge in [0.2, 0.25) is 0 Å². The summed E-state index contributed by atoms with van der Waals surface area (Å²) in [7, 11) is 0. The summed E-state index contributed by atoms with van der Waals surface area (Å²) < 4.78 is 0. The molecule has 7 N–H and O–H groups in total. The summed E-state index contributed by atoms with van der Waals surface area (Å²) in [5.74, 6) is 16.7. The second-order valence-corrected chi connectivity index (χ2v) is 2.84. The number of aromatic amines is 1. The topological polar surface area (TPSA) is 107 Å². The van der Waals surface area contributed by atoms with Crippen molar-refractivity contribution in [2.75, 3.05) is 19.6 Å². The van der Waals surface area contributed by atoms with Gasteiger partial charge in [-0.05, 0) is 11.8 Å².